The van der Waals surface area contributed by atoms with Crippen molar-refractivity contribution >= 4 is 46.4 Å². The zero-order valence-corrected chi connectivity index (χ0v) is 12.0. The van der Waals surface area contributed by atoms with Gasteiger partial charge in [-0.1, -0.05) is 66.8 Å². The van der Waals surface area contributed by atoms with E-state index in [4.69, 9.17) is 34.8 Å². The van der Waals surface area contributed by atoms with Crippen LogP contribution in [0.3, 0.4) is 0 Å². The third kappa shape index (κ3) is 3.77. The largest absolute Gasteiger partial charge is 0.322 e. The second-order valence-electron chi connectivity index (χ2n) is 3.61. The zero-order valence-electron chi connectivity index (χ0n) is 9.69. The number of aryl methyl sites for hydroxylation is 2. The SMILES string of the molecule is CCc1cccc(CC)c1NC(=O)C(Cl)(Cl)Cl. The molecule has 1 amide bonds. The molecule has 0 spiro atoms. The van der Waals surface area contributed by atoms with Crippen LogP contribution in [0.5, 0.6) is 0 Å². The first-order valence-corrected chi connectivity index (χ1v) is 6.52. The number of para-hydroxylation sites is 1. The smallest absolute Gasteiger partial charge is 0.276 e. The van der Waals surface area contributed by atoms with Gasteiger partial charge in [-0.3, -0.25) is 4.79 Å². The lowest BCUT2D eigenvalue weighted by Gasteiger charge is -2.17. The van der Waals surface area contributed by atoms with Gasteiger partial charge < -0.3 is 5.32 Å². The molecule has 0 heterocycles. The van der Waals surface area contributed by atoms with Gasteiger partial charge in [0.05, 0.1) is 0 Å². The van der Waals surface area contributed by atoms with Crippen molar-refractivity contribution in [1.29, 1.82) is 0 Å². The maximum Gasteiger partial charge on any atom is 0.276 e. The Kier molecular flexibility index (Phi) is 5.11. The van der Waals surface area contributed by atoms with Crippen molar-refractivity contribution in [2.75, 3.05) is 5.32 Å². The number of nitrogens with one attached hydrogen (secondary N) is 1. The summed E-state index contributed by atoms with van der Waals surface area (Å²) in [7, 11) is 0. The highest BCUT2D eigenvalue weighted by Gasteiger charge is 2.31. The summed E-state index contributed by atoms with van der Waals surface area (Å²) in [4.78, 5) is 11.7. The van der Waals surface area contributed by atoms with Crippen molar-refractivity contribution in [1.82, 2.24) is 0 Å². The molecule has 1 rings (SSSR count). The lowest BCUT2D eigenvalue weighted by Crippen LogP contribution is -2.28. The Labute approximate surface area is 116 Å². The number of anilines is 1. The molecule has 0 fully saturated rings. The van der Waals surface area contributed by atoms with E-state index in [1.54, 1.807) is 0 Å². The maximum atomic E-state index is 11.7. The Hall–Kier alpha value is -0.440. The quantitative estimate of drug-likeness (QED) is 0.835. The van der Waals surface area contributed by atoms with Crippen molar-refractivity contribution in [3.63, 3.8) is 0 Å². The Morgan fingerprint density at radius 2 is 1.65 bits per heavy atom. The molecule has 1 aromatic rings. The number of hydrogen-bond donors (Lipinski definition) is 1. The summed E-state index contributed by atoms with van der Waals surface area (Å²) in [5.74, 6) is -0.627. The molecule has 0 atom stereocenters. The average molecular weight is 295 g/mol. The van der Waals surface area contributed by atoms with Crippen molar-refractivity contribution in [2.45, 2.75) is 30.5 Å². The van der Waals surface area contributed by atoms with E-state index in [0.29, 0.717) is 0 Å². The molecule has 1 N–H and O–H groups in total. The summed E-state index contributed by atoms with van der Waals surface area (Å²) in [6.45, 7) is 4.03. The standard InChI is InChI=1S/C12H14Cl3NO/c1-3-8-6-5-7-9(4-2)10(8)16-11(17)12(13,14)15/h5-7H,3-4H2,1-2H3,(H,16,17). The molecule has 0 unspecified atom stereocenters. The van der Waals surface area contributed by atoms with E-state index >= 15 is 0 Å². The molecule has 94 valence electrons. The summed E-state index contributed by atoms with van der Waals surface area (Å²) >= 11 is 16.6. The number of carbonyl (C=O) groups excluding carboxylic acids is 1. The van der Waals surface area contributed by atoms with Gasteiger partial charge in [0.15, 0.2) is 0 Å². The van der Waals surface area contributed by atoms with Gasteiger partial charge in [-0.05, 0) is 24.0 Å². The molecule has 5 heteroatoms. The first-order valence-electron chi connectivity index (χ1n) is 5.39. The van der Waals surface area contributed by atoms with Crippen LogP contribution in [0, 0.1) is 0 Å². The third-order valence-electron chi connectivity index (χ3n) is 2.49. The van der Waals surface area contributed by atoms with Crippen molar-refractivity contribution in [3.05, 3.63) is 29.3 Å². The Morgan fingerprint density at radius 3 is 2.00 bits per heavy atom. The van der Waals surface area contributed by atoms with Crippen LogP contribution < -0.4 is 5.32 Å². The van der Waals surface area contributed by atoms with Gasteiger partial charge in [0.2, 0.25) is 0 Å². The van der Waals surface area contributed by atoms with Gasteiger partial charge in [-0.25, -0.2) is 0 Å². The van der Waals surface area contributed by atoms with E-state index < -0.39 is 9.70 Å². The number of hydrogen-bond acceptors (Lipinski definition) is 1. The molecular weight excluding hydrogens is 280 g/mol. The molecular formula is C12H14Cl3NO. The van der Waals surface area contributed by atoms with E-state index in [2.05, 4.69) is 5.32 Å². The molecule has 0 radical (unpaired) electrons. The van der Waals surface area contributed by atoms with Crippen LogP contribution in [0.4, 0.5) is 5.69 Å². The second kappa shape index (κ2) is 5.94. The number of rotatable bonds is 3. The van der Waals surface area contributed by atoms with Gasteiger partial charge in [-0.2, -0.15) is 0 Å². The number of alkyl halides is 3. The van der Waals surface area contributed by atoms with Crippen LogP contribution in [-0.2, 0) is 17.6 Å². The molecule has 1 aromatic carbocycles. The fourth-order valence-corrected chi connectivity index (χ4v) is 1.73. The van der Waals surface area contributed by atoms with Crippen molar-refractivity contribution in [3.8, 4) is 0 Å². The molecule has 17 heavy (non-hydrogen) atoms. The van der Waals surface area contributed by atoms with E-state index in [-0.39, 0.29) is 0 Å². The second-order valence-corrected chi connectivity index (χ2v) is 5.89. The summed E-state index contributed by atoms with van der Waals surface area (Å²) in [6, 6.07) is 5.86. The third-order valence-corrected chi connectivity index (χ3v) is 3.01. The van der Waals surface area contributed by atoms with E-state index in [9.17, 15) is 4.79 Å². The molecule has 0 aromatic heterocycles. The summed E-state index contributed by atoms with van der Waals surface area (Å²) in [6.07, 6.45) is 1.62. The summed E-state index contributed by atoms with van der Waals surface area (Å²) in [5, 5.41) is 2.69. The fraction of sp³-hybridized carbons (Fsp3) is 0.417. The number of amides is 1. The van der Waals surface area contributed by atoms with Crippen LogP contribution in [0.25, 0.3) is 0 Å². The monoisotopic (exact) mass is 293 g/mol. The topological polar surface area (TPSA) is 29.1 Å². The molecule has 0 saturated heterocycles. The van der Waals surface area contributed by atoms with Gasteiger partial charge in [0.1, 0.15) is 0 Å². The minimum Gasteiger partial charge on any atom is -0.322 e. The number of carbonyl (C=O) groups is 1. The average Bonchev–Trinajstić information content (AvgIpc) is 2.28. The molecule has 0 aliphatic heterocycles. The van der Waals surface area contributed by atoms with Crippen LogP contribution in [-0.4, -0.2) is 9.70 Å². The zero-order chi connectivity index (χ0) is 13.1. The highest BCUT2D eigenvalue weighted by molar-refractivity contribution is 6.76. The van der Waals surface area contributed by atoms with E-state index in [1.165, 1.54) is 0 Å². The molecule has 2 nitrogen and oxygen atoms in total. The van der Waals surface area contributed by atoms with Crippen molar-refractivity contribution in [2.24, 2.45) is 0 Å². The predicted molar refractivity (Wildman–Crippen MR) is 74.1 cm³/mol. The van der Waals surface area contributed by atoms with Crippen LogP contribution in [0.1, 0.15) is 25.0 Å². The molecule has 0 aliphatic rings. The van der Waals surface area contributed by atoms with Crippen LogP contribution in [0.15, 0.2) is 18.2 Å². The normalized spacial score (nSPS) is 11.4. The minimum absolute atomic E-state index is 0.627. The van der Waals surface area contributed by atoms with E-state index in [1.807, 2.05) is 32.0 Å². The van der Waals surface area contributed by atoms with Gasteiger partial charge in [0.25, 0.3) is 9.70 Å². The first kappa shape index (κ1) is 14.6. The molecule has 0 saturated carbocycles. The van der Waals surface area contributed by atoms with Gasteiger partial charge >= 0.3 is 0 Å². The van der Waals surface area contributed by atoms with Crippen LogP contribution in [0.2, 0.25) is 0 Å². The Balaban J connectivity index is 3.08. The maximum absolute atomic E-state index is 11.7. The first-order chi connectivity index (χ1) is 7.90. The van der Waals surface area contributed by atoms with Crippen molar-refractivity contribution < 1.29 is 4.79 Å². The predicted octanol–water partition coefficient (Wildman–Crippen LogP) is 4.12. The van der Waals surface area contributed by atoms with E-state index in [0.717, 1.165) is 29.7 Å². The Morgan fingerprint density at radius 1 is 1.18 bits per heavy atom. The Bertz CT molecular complexity index is 390. The number of halogens is 3. The van der Waals surface area contributed by atoms with Crippen LogP contribution >= 0.6 is 34.8 Å². The van der Waals surface area contributed by atoms with Gasteiger partial charge in [-0.15, -0.1) is 0 Å². The fourth-order valence-electron chi connectivity index (χ4n) is 1.59. The highest BCUT2D eigenvalue weighted by atomic mass is 35.6. The molecule has 0 aliphatic carbocycles. The summed E-state index contributed by atoms with van der Waals surface area (Å²) < 4.78 is -1.94. The lowest BCUT2D eigenvalue weighted by atomic mass is 10.0. The lowest BCUT2D eigenvalue weighted by molar-refractivity contribution is -0.115. The highest BCUT2D eigenvalue weighted by Crippen LogP contribution is 2.30. The van der Waals surface area contributed by atoms with Gasteiger partial charge in [0, 0.05) is 5.69 Å². The summed E-state index contributed by atoms with van der Waals surface area (Å²) in [5.41, 5.74) is 2.83. The molecule has 0 bridgehead atoms. The minimum atomic E-state index is -1.94. The number of benzene rings is 1.